The van der Waals surface area contributed by atoms with Gasteiger partial charge in [-0.1, -0.05) is 29.3 Å². The van der Waals surface area contributed by atoms with E-state index < -0.39 is 6.10 Å². The van der Waals surface area contributed by atoms with Crippen molar-refractivity contribution in [2.45, 2.75) is 20.0 Å². The summed E-state index contributed by atoms with van der Waals surface area (Å²) in [4.78, 5) is 23.3. The van der Waals surface area contributed by atoms with E-state index in [4.69, 9.17) is 27.9 Å². The third-order valence-corrected chi connectivity index (χ3v) is 3.55. The molecule has 0 fully saturated rings. The second kappa shape index (κ2) is 8.04. The fourth-order valence-corrected chi connectivity index (χ4v) is 2.39. The van der Waals surface area contributed by atoms with E-state index in [0.29, 0.717) is 27.2 Å². The zero-order valence-corrected chi connectivity index (χ0v) is 14.6. The topological polar surface area (TPSA) is 67.4 Å². The highest BCUT2D eigenvalue weighted by Gasteiger charge is 2.16. The van der Waals surface area contributed by atoms with Crippen molar-refractivity contribution in [3.63, 3.8) is 0 Å². The maximum absolute atomic E-state index is 12.2. The monoisotopic (exact) mass is 366 g/mol. The van der Waals surface area contributed by atoms with Crippen LogP contribution in [0.4, 0.5) is 11.4 Å². The van der Waals surface area contributed by atoms with Gasteiger partial charge in [0.2, 0.25) is 5.91 Å². The Morgan fingerprint density at radius 1 is 1.04 bits per heavy atom. The van der Waals surface area contributed by atoms with Crippen LogP contribution in [0.2, 0.25) is 10.0 Å². The summed E-state index contributed by atoms with van der Waals surface area (Å²) in [7, 11) is 0. The number of anilines is 2. The Labute approximate surface area is 149 Å². The first-order valence-electron chi connectivity index (χ1n) is 7.15. The largest absolute Gasteiger partial charge is 0.479 e. The van der Waals surface area contributed by atoms with Crippen LogP contribution in [-0.2, 0) is 9.59 Å². The molecule has 0 saturated heterocycles. The zero-order valence-electron chi connectivity index (χ0n) is 13.1. The highest BCUT2D eigenvalue weighted by atomic mass is 35.5. The van der Waals surface area contributed by atoms with Crippen molar-refractivity contribution in [3.05, 3.63) is 52.5 Å². The van der Waals surface area contributed by atoms with Gasteiger partial charge in [-0.2, -0.15) is 0 Å². The van der Waals surface area contributed by atoms with Crippen LogP contribution < -0.4 is 15.4 Å². The van der Waals surface area contributed by atoms with E-state index in [1.165, 1.54) is 6.92 Å². The van der Waals surface area contributed by atoms with Gasteiger partial charge >= 0.3 is 0 Å². The summed E-state index contributed by atoms with van der Waals surface area (Å²) >= 11 is 11.9. The SMILES string of the molecule is CC(=O)Nc1cccc(NC(=O)[C@H](C)Oc2ccc(Cl)cc2Cl)c1. The molecule has 0 aliphatic carbocycles. The number of hydrogen-bond acceptors (Lipinski definition) is 3. The lowest BCUT2D eigenvalue weighted by Crippen LogP contribution is -2.30. The van der Waals surface area contributed by atoms with Gasteiger partial charge < -0.3 is 15.4 Å². The molecule has 2 rings (SSSR count). The number of rotatable bonds is 5. The van der Waals surface area contributed by atoms with Crippen LogP contribution in [0.25, 0.3) is 0 Å². The molecular formula is C17H16Cl2N2O3. The Bertz CT molecular complexity index is 765. The molecule has 24 heavy (non-hydrogen) atoms. The van der Waals surface area contributed by atoms with E-state index in [-0.39, 0.29) is 11.8 Å². The van der Waals surface area contributed by atoms with Gasteiger partial charge in [-0.15, -0.1) is 0 Å². The first kappa shape index (κ1) is 18.1. The van der Waals surface area contributed by atoms with Crippen LogP contribution >= 0.6 is 23.2 Å². The molecule has 0 unspecified atom stereocenters. The Hall–Kier alpha value is -2.24. The van der Waals surface area contributed by atoms with Crippen LogP contribution in [-0.4, -0.2) is 17.9 Å². The minimum absolute atomic E-state index is 0.187. The predicted octanol–water partition coefficient (Wildman–Crippen LogP) is 4.36. The summed E-state index contributed by atoms with van der Waals surface area (Å²) in [6.45, 7) is 3.02. The zero-order chi connectivity index (χ0) is 17.7. The average Bonchev–Trinajstić information content (AvgIpc) is 2.49. The predicted molar refractivity (Wildman–Crippen MR) is 95.9 cm³/mol. The molecule has 0 bridgehead atoms. The Morgan fingerprint density at radius 3 is 2.33 bits per heavy atom. The lowest BCUT2D eigenvalue weighted by molar-refractivity contribution is -0.122. The van der Waals surface area contributed by atoms with Crippen molar-refractivity contribution in [2.75, 3.05) is 10.6 Å². The third-order valence-electron chi connectivity index (χ3n) is 3.02. The van der Waals surface area contributed by atoms with E-state index in [1.807, 2.05) is 0 Å². The van der Waals surface area contributed by atoms with Crippen molar-refractivity contribution in [3.8, 4) is 5.75 Å². The Kier molecular flexibility index (Phi) is 6.06. The summed E-state index contributed by atoms with van der Waals surface area (Å²) in [6, 6.07) is 11.6. The highest BCUT2D eigenvalue weighted by molar-refractivity contribution is 6.35. The molecule has 2 aromatic carbocycles. The van der Waals surface area contributed by atoms with Gasteiger partial charge in [0, 0.05) is 23.3 Å². The second-order valence-electron chi connectivity index (χ2n) is 5.09. The molecule has 1 atom stereocenters. The van der Waals surface area contributed by atoms with Crippen molar-refractivity contribution >= 4 is 46.4 Å². The molecule has 5 nitrogen and oxygen atoms in total. The van der Waals surface area contributed by atoms with Crippen molar-refractivity contribution in [2.24, 2.45) is 0 Å². The normalized spacial score (nSPS) is 11.5. The van der Waals surface area contributed by atoms with Crippen LogP contribution in [0.5, 0.6) is 5.75 Å². The second-order valence-corrected chi connectivity index (χ2v) is 5.93. The first-order chi connectivity index (χ1) is 11.3. The van der Waals surface area contributed by atoms with Gasteiger partial charge in [0.15, 0.2) is 6.10 Å². The smallest absolute Gasteiger partial charge is 0.265 e. The van der Waals surface area contributed by atoms with E-state index in [1.54, 1.807) is 49.4 Å². The molecule has 0 heterocycles. The van der Waals surface area contributed by atoms with Gasteiger partial charge in [-0.25, -0.2) is 0 Å². The lowest BCUT2D eigenvalue weighted by Gasteiger charge is -2.16. The summed E-state index contributed by atoms with van der Waals surface area (Å²) in [5, 5.41) is 6.18. The molecule has 0 aromatic heterocycles. The fraction of sp³-hybridized carbons (Fsp3) is 0.176. The van der Waals surface area contributed by atoms with Crippen LogP contribution in [0.1, 0.15) is 13.8 Å². The van der Waals surface area contributed by atoms with Gasteiger partial charge in [0.05, 0.1) is 5.02 Å². The number of carbonyl (C=O) groups excluding carboxylic acids is 2. The number of halogens is 2. The van der Waals surface area contributed by atoms with Gasteiger partial charge in [0.1, 0.15) is 5.75 Å². The Morgan fingerprint density at radius 2 is 1.71 bits per heavy atom. The minimum atomic E-state index is -0.770. The average molecular weight is 367 g/mol. The molecular weight excluding hydrogens is 351 g/mol. The molecule has 0 aliphatic heterocycles. The number of carbonyl (C=O) groups is 2. The van der Waals surface area contributed by atoms with E-state index in [9.17, 15) is 9.59 Å². The molecule has 0 radical (unpaired) electrons. The standard InChI is InChI=1S/C17H16Cl2N2O3/c1-10(24-16-7-6-12(18)8-15(16)19)17(23)21-14-5-3-4-13(9-14)20-11(2)22/h3-10H,1-2H3,(H,20,22)(H,21,23)/t10-/m0/s1. The highest BCUT2D eigenvalue weighted by Crippen LogP contribution is 2.28. The van der Waals surface area contributed by atoms with E-state index in [0.717, 1.165) is 0 Å². The molecule has 2 amide bonds. The van der Waals surface area contributed by atoms with Crippen molar-refractivity contribution in [1.82, 2.24) is 0 Å². The Balaban J connectivity index is 2.02. The number of amides is 2. The van der Waals surface area contributed by atoms with Crippen LogP contribution in [0.3, 0.4) is 0 Å². The number of hydrogen-bond donors (Lipinski definition) is 2. The molecule has 0 aliphatic rings. The minimum Gasteiger partial charge on any atom is -0.479 e. The quantitative estimate of drug-likeness (QED) is 0.825. The van der Waals surface area contributed by atoms with Gasteiger partial charge in [0.25, 0.3) is 5.91 Å². The van der Waals surface area contributed by atoms with E-state index in [2.05, 4.69) is 10.6 Å². The maximum Gasteiger partial charge on any atom is 0.265 e. The van der Waals surface area contributed by atoms with Crippen molar-refractivity contribution in [1.29, 1.82) is 0 Å². The van der Waals surface area contributed by atoms with Gasteiger partial charge in [-0.05, 0) is 43.3 Å². The molecule has 7 heteroatoms. The third kappa shape index (κ3) is 5.15. The first-order valence-corrected chi connectivity index (χ1v) is 7.91. The molecule has 2 N–H and O–H groups in total. The lowest BCUT2D eigenvalue weighted by atomic mass is 10.2. The number of ether oxygens (including phenoxy) is 1. The molecule has 2 aromatic rings. The summed E-state index contributed by atoms with van der Waals surface area (Å²) in [5.74, 6) is -0.163. The van der Waals surface area contributed by atoms with Crippen molar-refractivity contribution < 1.29 is 14.3 Å². The molecule has 0 saturated carbocycles. The number of nitrogens with one attached hydrogen (secondary N) is 2. The number of benzene rings is 2. The van der Waals surface area contributed by atoms with E-state index >= 15 is 0 Å². The molecule has 126 valence electrons. The van der Waals surface area contributed by atoms with Gasteiger partial charge in [-0.3, -0.25) is 9.59 Å². The molecule has 0 spiro atoms. The van der Waals surface area contributed by atoms with Crippen LogP contribution in [0, 0.1) is 0 Å². The summed E-state index contributed by atoms with van der Waals surface area (Å²) in [6.07, 6.45) is -0.770. The summed E-state index contributed by atoms with van der Waals surface area (Å²) < 4.78 is 5.56. The fourth-order valence-electron chi connectivity index (χ4n) is 1.94. The van der Waals surface area contributed by atoms with Crippen LogP contribution in [0.15, 0.2) is 42.5 Å². The summed E-state index contributed by atoms with van der Waals surface area (Å²) in [5.41, 5.74) is 1.14. The maximum atomic E-state index is 12.2.